The second-order valence-electron chi connectivity index (χ2n) is 6.60. The predicted octanol–water partition coefficient (Wildman–Crippen LogP) is 2.79. The smallest absolute Gasteiger partial charge is 0.361 e. The number of carbonyl (C=O) groups is 3. The highest BCUT2D eigenvalue weighted by molar-refractivity contribution is 6.01. The van der Waals surface area contributed by atoms with Crippen molar-refractivity contribution in [2.75, 3.05) is 6.61 Å². The lowest BCUT2D eigenvalue weighted by atomic mass is 10.2. The lowest BCUT2D eigenvalue weighted by Gasteiger charge is -2.19. The van der Waals surface area contributed by atoms with Gasteiger partial charge in [-0.15, -0.1) is 5.06 Å². The number of carbonyl (C=O) groups excluding carboxylic acids is 3. The first-order valence-corrected chi connectivity index (χ1v) is 9.48. The molecule has 1 aliphatic heterocycles. The third-order valence-corrected chi connectivity index (χ3v) is 4.38. The molecule has 7 nitrogen and oxygen atoms in total. The Hall–Kier alpha value is -3.03. The summed E-state index contributed by atoms with van der Waals surface area (Å²) in [4.78, 5) is 40.9. The Kier molecular flexibility index (Phi) is 7.49. The molecule has 0 spiro atoms. The average Bonchev–Trinajstić information content (AvgIpc) is 3.06. The summed E-state index contributed by atoms with van der Waals surface area (Å²) < 4.78 is 11.3. The van der Waals surface area contributed by atoms with Crippen molar-refractivity contribution in [3.05, 3.63) is 71.8 Å². The summed E-state index contributed by atoms with van der Waals surface area (Å²) in [5.41, 5.74) is 1.91. The molecule has 1 saturated heterocycles. The maximum Gasteiger partial charge on any atom is 0.361 e. The molecule has 0 radical (unpaired) electrons. The highest BCUT2D eigenvalue weighted by Crippen LogP contribution is 2.15. The summed E-state index contributed by atoms with van der Waals surface area (Å²) in [6.07, 6.45) is -0.648. The van der Waals surface area contributed by atoms with Crippen LogP contribution in [0.3, 0.4) is 0 Å². The zero-order valence-corrected chi connectivity index (χ0v) is 16.0. The van der Waals surface area contributed by atoms with Crippen molar-refractivity contribution in [1.82, 2.24) is 5.06 Å². The van der Waals surface area contributed by atoms with E-state index in [1.165, 1.54) is 0 Å². The molecule has 2 aromatic rings. The fourth-order valence-electron chi connectivity index (χ4n) is 2.80. The molecule has 1 fully saturated rings. The van der Waals surface area contributed by atoms with E-state index in [1.807, 2.05) is 60.7 Å². The summed E-state index contributed by atoms with van der Waals surface area (Å²) in [5.74, 6) is -1.83. The van der Waals surface area contributed by atoms with Crippen LogP contribution in [-0.2, 0) is 41.9 Å². The summed E-state index contributed by atoms with van der Waals surface area (Å²) in [6.45, 7) is 0.858. The monoisotopic (exact) mass is 397 g/mol. The van der Waals surface area contributed by atoms with Crippen molar-refractivity contribution in [2.24, 2.45) is 0 Å². The molecule has 0 aliphatic carbocycles. The van der Waals surface area contributed by atoms with Crippen LogP contribution < -0.4 is 0 Å². The van der Waals surface area contributed by atoms with E-state index in [0.29, 0.717) is 11.7 Å². The van der Waals surface area contributed by atoms with Crippen LogP contribution in [-0.4, -0.2) is 35.6 Å². The van der Waals surface area contributed by atoms with E-state index in [1.54, 1.807) is 0 Å². The van der Waals surface area contributed by atoms with E-state index in [2.05, 4.69) is 0 Å². The molecule has 1 heterocycles. The van der Waals surface area contributed by atoms with E-state index in [4.69, 9.17) is 14.3 Å². The first-order valence-electron chi connectivity index (χ1n) is 9.48. The van der Waals surface area contributed by atoms with Crippen LogP contribution >= 0.6 is 0 Å². The molecular weight excluding hydrogens is 374 g/mol. The Morgan fingerprint density at radius 1 is 0.862 bits per heavy atom. The van der Waals surface area contributed by atoms with Crippen molar-refractivity contribution in [3.63, 3.8) is 0 Å². The van der Waals surface area contributed by atoms with Gasteiger partial charge in [0.1, 0.15) is 0 Å². The molecule has 2 amide bonds. The molecule has 152 valence electrons. The number of ether oxygens (including phenoxy) is 2. The fourth-order valence-corrected chi connectivity index (χ4v) is 2.80. The highest BCUT2D eigenvalue weighted by Gasteiger charge is 2.35. The van der Waals surface area contributed by atoms with Crippen molar-refractivity contribution in [2.45, 2.75) is 38.6 Å². The molecule has 1 unspecified atom stereocenters. The fraction of sp³-hybridized carbons (Fsp3) is 0.318. The zero-order valence-electron chi connectivity index (χ0n) is 16.0. The Morgan fingerprint density at radius 2 is 1.41 bits per heavy atom. The van der Waals surface area contributed by atoms with Gasteiger partial charge >= 0.3 is 5.97 Å². The zero-order chi connectivity index (χ0) is 20.5. The van der Waals surface area contributed by atoms with Crippen molar-refractivity contribution in [1.29, 1.82) is 0 Å². The standard InChI is InChI=1S/C22H23NO6/c24-20-11-12-21(25)23(20)29-22(26)19(28-16-18-9-5-2-6-10-18)13-14-27-15-17-7-3-1-4-8-17/h1-10,19H,11-16H2. The second kappa shape index (κ2) is 10.5. The molecule has 2 aromatic carbocycles. The van der Waals surface area contributed by atoms with Crippen molar-refractivity contribution >= 4 is 17.8 Å². The maximum atomic E-state index is 12.5. The van der Waals surface area contributed by atoms with E-state index >= 15 is 0 Å². The van der Waals surface area contributed by atoms with Crippen LogP contribution in [0.25, 0.3) is 0 Å². The molecular formula is C22H23NO6. The summed E-state index contributed by atoms with van der Waals surface area (Å²) in [5, 5.41) is 0.534. The number of rotatable bonds is 10. The summed E-state index contributed by atoms with van der Waals surface area (Å²) in [6, 6.07) is 19.0. The minimum Gasteiger partial charge on any atom is -0.377 e. The van der Waals surface area contributed by atoms with Gasteiger partial charge in [-0.05, 0) is 11.1 Å². The lowest BCUT2D eigenvalue weighted by molar-refractivity contribution is -0.206. The third-order valence-electron chi connectivity index (χ3n) is 4.38. The quantitative estimate of drug-likeness (QED) is 0.453. The van der Waals surface area contributed by atoms with Gasteiger partial charge in [0, 0.05) is 19.3 Å². The van der Waals surface area contributed by atoms with Gasteiger partial charge in [-0.25, -0.2) is 4.79 Å². The van der Waals surface area contributed by atoms with E-state index in [9.17, 15) is 14.4 Å². The molecule has 1 atom stereocenters. The first-order chi connectivity index (χ1) is 14.1. The van der Waals surface area contributed by atoms with E-state index in [0.717, 1.165) is 11.1 Å². The summed E-state index contributed by atoms with van der Waals surface area (Å²) >= 11 is 0. The molecule has 1 aliphatic rings. The van der Waals surface area contributed by atoms with Crippen molar-refractivity contribution < 1.29 is 28.7 Å². The van der Waals surface area contributed by atoms with Crippen molar-refractivity contribution in [3.8, 4) is 0 Å². The molecule has 0 bridgehead atoms. The first kappa shape index (κ1) is 20.7. The van der Waals surface area contributed by atoms with Gasteiger partial charge in [-0.3, -0.25) is 9.59 Å². The number of hydrogen-bond donors (Lipinski definition) is 0. The van der Waals surface area contributed by atoms with Crippen LogP contribution in [0.2, 0.25) is 0 Å². The van der Waals surface area contributed by atoms with Gasteiger partial charge in [-0.1, -0.05) is 60.7 Å². The Morgan fingerprint density at radius 3 is 2.00 bits per heavy atom. The summed E-state index contributed by atoms with van der Waals surface area (Å²) in [7, 11) is 0. The number of hydroxylamine groups is 2. The SMILES string of the molecule is O=C(ON1C(=O)CCC1=O)C(CCOCc1ccccc1)OCc1ccccc1. The number of benzene rings is 2. The van der Waals surface area contributed by atoms with Crippen LogP contribution in [0.4, 0.5) is 0 Å². The van der Waals surface area contributed by atoms with Crippen LogP contribution in [0.15, 0.2) is 60.7 Å². The van der Waals surface area contributed by atoms with Gasteiger partial charge in [0.2, 0.25) is 0 Å². The molecule has 0 N–H and O–H groups in total. The topological polar surface area (TPSA) is 82.1 Å². The lowest BCUT2D eigenvalue weighted by Crippen LogP contribution is -2.38. The van der Waals surface area contributed by atoms with E-state index in [-0.39, 0.29) is 32.5 Å². The van der Waals surface area contributed by atoms with E-state index < -0.39 is 23.9 Å². The van der Waals surface area contributed by atoms with Crippen LogP contribution in [0.1, 0.15) is 30.4 Å². The number of hydrogen-bond acceptors (Lipinski definition) is 6. The van der Waals surface area contributed by atoms with Gasteiger partial charge in [-0.2, -0.15) is 0 Å². The number of amides is 2. The van der Waals surface area contributed by atoms with Gasteiger partial charge < -0.3 is 14.3 Å². The van der Waals surface area contributed by atoms with Gasteiger partial charge in [0.25, 0.3) is 11.8 Å². The van der Waals surface area contributed by atoms with Crippen LogP contribution in [0.5, 0.6) is 0 Å². The molecule has 29 heavy (non-hydrogen) atoms. The normalized spacial score (nSPS) is 14.8. The highest BCUT2D eigenvalue weighted by atomic mass is 16.7. The molecule has 0 saturated carbocycles. The van der Waals surface area contributed by atoms with Gasteiger partial charge in [0.15, 0.2) is 6.10 Å². The minimum absolute atomic E-state index is 0.0435. The number of nitrogens with zero attached hydrogens (tertiary/aromatic N) is 1. The largest absolute Gasteiger partial charge is 0.377 e. The molecule has 3 rings (SSSR count). The Bertz CT molecular complexity index is 808. The Balaban J connectivity index is 1.55. The minimum atomic E-state index is -0.966. The average molecular weight is 397 g/mol. The maximum absolute atomic E-state index is 12.5. The van der Waals surface area contributed by atoms with Crippen LogP contribution in [0, 0.1) is 0 Å². The van der Waals surface area contributed by atoms with Gasteiger partial charge in [0.05, 0.1) is 19.8 Å². The predicted molar refractivity (Wildman–Crippen MR) is 103 cm³/mol. The molecule has 0 aromatic heterocycles. The second-order valence-corrected chi connectivity index (χ2v) is 6.60. The third kappa shape index (κ3) is 6.23. The number of imide groups is 1. The Labute approximate surface area is 169 Å². The molecule has 7 heteroatoms.